The third kappa shape index (κ3) is 1.50. The molecule has 16 heavy (non-hydrogen) atoms. The molecule has 0 fully saturated rings. The molecular weight excluding hydrogens is 329 g/mol. The monoisotopic (exact) mass is 339 g/mol. The van der Waals surface area contributed by atoms with E-state index in [0.29, 0.717) is 0 Å². The summed E-state index contributed by atoms with van der Waals surface area (Å²) in [5.41, 5.74) is 1.29. The highest BCUT2D eigenvalue weighted by molar-refractivity contribution is 14.1. The third-order valence-electron chi connectivity index (χ3n) is 2.72. The van der Waals surface area contributed by atoms with E-state index in [1.165, 1.54) is 25.9 Å². The molecule has 1 heterocycles. The Hall–Kier alpha value is -0.810. The zero-order valence-electron chi connectivity index (χ0n) is 8.77. The molecule has 2 aromatic carbocycles. The Morgan fingerprint density at radius 1 is 1.00 bits per heavy atom. The number of hydrogen-bond acceptors (Lipinski definition) is 2. The van der Waals surface area contributed by atoms with E-state index in [2.05, 4.69) is 75.5 Å². The van der Waals surface area contributed by atoms with Crippen molar-refractivity contribution in [3.8, 4) is 0 Å². The van der Waals surface area contributed by atoms with Crippen molar-refractivity contribution in [3.05, 3.63) is 42.5 Å². The van der Waals surface area contributed by atoms with Gasteiger partial charge in [-0.1, -0.05) is 30.3 Å². The molecule has 0 atom stereocenters. The Morgan fingerprint density at radius 3 is 2.56 bits per heavy atom. The third-order valence-corrected chi connectivity index (χ3v) is 4.44. The first-order valence-electron chi connectivity index (χ1n) is 5.07. The Labute approximate surface area is 112 Å². The zero-order valence-corrected chi connectivity index (χ0v) is 11.7. The standard InChI is InChI=1S/C13H10INS/c1-15(14)11-7-4-6-10-9-5-2-3-8-12(9)16-13(10)11/h2-8H,1H3. The van der Waals surface area contributed by atoms with Crippen LogP contribution in [0.4, 0.5) is 5.69 Å². The van der Waals surface area contributed by atoms with Gasteiger partial charge in [0, 0.05) is 22.5 Å². The first kappa shape index (κ1) is 10.4. The maximum atomic E-state index is 2.32. The fourth-order valence-corrected chi connectivity index (χ4v) is 3.79. The molecule has 3 heteroatoms. The van der Waals surface area contributed by atoms with Gasteiger partial charge in [0.2, 0.25) is 0 Å². The van der Waals surface area contributed by atoms with Gasteiger partial charge in [0.15, 0.2) is 0 Å². The van der Waals surface area contributed by atoms with Gasteiger partial charge in [0.25, 0.3) is 0 Å². The van der Waals surface area contributed by atoms with Crippen LogP contribution in [0, 0.1) is 0 Å². The average molecular weight is 339 g/mol. The number of hydrogen-bond donors (Lipinski definition) is 0. The summed E-state index contributed by atoms with van der Waals surface area (Å²) in [6, 6.07) is 15.1. The van der Waals surface area contributed by atoms with Gasteiger partial charge in [-0.05, 0) is 12.1 Å². The van der Waals surface area contributed by atoms with Gasteiger partial charge < -0.3 is 3.11 Å². The molecule has 0 aliphatic rings. The summed E-state index contributed by atoms with van der Waals surface area (Å²) in [4.78, 5) is 0. The highest BCUT2D eigenvalue weighted by Crippen LogP contribution is 2.39. The molecule has 0 saturated carbocycles. The molecule has 0 amide bonds. The second kappa shape index (κ2) is 3.89. The first-order valence-corrected chi connectivity index (χ1v) is 6.85. The molecule has 0 spiro atoms. The molecule has 0 radical (unpaired) electrons. The van der Waals surface area contributed by atoms with Crippen LogP contribution in [0.3, 0.4) is 0 Å². The van der Waals surface area contributed by atoms with Gasteiger partial charge in [-0.25, -0.2) is 0 Å². The maximum Gasteiger partial charge on any atom is 0.0632 e. The summed E-state index contributed by atoms with van der Waals surface area (Å²) in [5, 5.41) is 2.73. The molecule has 0 aliphatic carbocycles. The van der Waals surface area contributed by atoms with Crippen molar-refractivity contribution in [2.75, 3.05) is 10.2 Å². The molecule has 0 saturated heterocycles. The van der Waals surface area contributed by atoms with Crippen molar-refractivity contribution in [1.29, 1.82) is 0 Å². The van der Waals surface area contributed by atoms with Crippen LogP contribution in [-0.2, 0) is 0 Å². The van der Waals surface area contributed by atoms with Gasteiger partial charge in [-0.2, -0.15) is 0 Å². The number of nitrogens with zero attached hydrogens (tertiary/aromatic N) is 1. The van der Waals surface area contributed by atoms with Crippen LogP contribution in [-0.4, -0.2) is 7.05 Å². The lowest BCUT2D eigenvalue weighted by atomic mass is 10.1. The van der Waals surface area contributed by atoms with Crippen LogP contribution in [0.15, 0.2) is 42.5 Å². The number of rotatable bonds is 1. The number of thiophene rings is 1. The van der Waals surface area contributed by atoms with E-state index in [0.717, 1.165) is 0 Å². The van der Waals surface area contributed by atoms with Crippen molar-refractivity contribution < 1.29 is 0 Å². The summed E-state index contributed by atoms with van der Waals surface area (Å²) in [6.07, 6.45) is 0. The van der Waals surface area contributed by atoms with E-state index in [1.807, 2.05) is 11.3 Å². The van der Waals surface area contributed by atoms with Crippen molar-refractivity contribution in [3.63, 3.8) is 0 Å². The Balaban J connectivity index is 2.49. The molecule has 1 nitrogen and oxygen atoms in total. The van der Waals surface area contributed by atoms with Crippen LogP contribution in [0.25, 0.3) is 20.2 Å². The second-order valence-electron chi connectivity index (χ2n) is 3.73. The van der Waals surface area contributed by atoms with E-state index in [-0.39, 0.29) is 0 Å². The molecular formula is C13H10INS. The van der Waals surface area contributed by atoms with Crippen molar-refractivity contribution in [2.24, 2.45) is 0 Å². The molecule has 0 unspecified atom stereocenters. The van der Waals surface area contributed by atoms with E-state index >= 15 is 0 Å². The van der Waals surface area contributed by atoms with Crippen LogP contribution >= 0.6 is 34.2 Å². The molecule has 0 bridgehead atoms. The SMILES string of the molecule is CN(I)c1cccc2c1sc1ccccc12. The van der Waals surface area contributed by atoms with E-state index < -0.39 is 0 Å². The normalized spacial score (nSPS) is 11.1. The second-order valence-corrected chi connectivity index (χ2v) is 6.23. The molecule has 3 rings (SSSR count). The van der Waals surface area contributed by atoms with Crippen molar-refractivity contribution in [1.82, 2.24) is 0 Å². The van der Waals surface area contributed by atoms with Crippen LogP contribution in [0.2, 0.25) is 0 Å². The lowest BCUT2D eigenvalue weighted by Crippen LogP contribution is -1.98. The largest absolute Gasteiger partial charge is 0.316 e. The smallest absolute Gasteiger partial charge is 0.0632 e. The number of halogens is 1. The van der Waals surface area contributed by atoms with Gasteiger partial charge >= 0.3 is 0 Å². The van der Waals surface area contributed by atoms with E-state index in [1.54, 1.807) is 0 Å². The Morgan fingerprint density at radius 2 is 1.75 bits per heavy atom. The van der Waals surface area contributed by atoms with Crippen LogP contribution in [0.1, 0.15) is 0 Å². The van der Waals surface area contributed by atoms with Crippen molar-refractivity contribution >= 4 is 60.1 Å². The number of fused-ring (bicyclic) bond motifs is 3. The highest BCUT2D eigenvalue weighted by Gasteiger charge is 2.09. The zero-order chi connectivity index (χ0) is 11.1. The first-order chi connectivity index (χ1) is 7.77. The molecule has 1 aromatic heterocycles. The molecule has 80 valence electrons. The van der Waals surface area contributed by atoms with E-state index in [9.17, 15) is 0 Å². The lowest BCUT2D eigenvalue weighted by Gasteiger charge is -2.10. The quantitative estimate of drug-likeness (QED) is 0.453. The summed E-state index contributed by atoms with van der Waals surface area (Å²) in [7, 11) is 2.08. The molecule has 0 N–H and O–H groups in total. The van der Waals surface area contributed by atoms with Gasteiger partial charge in [0.1, 0.15) is 0 Å². The topological polar surface area (TPSA) is 3.24 Å². The predicted octanol–water partition coefficient (Wildman–Crippen LogP) is 4.84. The predicted molar refractivity (Wildman–Crippen MR) is 81.8 cm³/mol. The highest BCUT2D eigenvalue weighted by atomic mass is 127. The molecule has 3 aromatic rings. The number of benzene rings is 2. The summed E-state index contributed by atoms with van der Waals surface area (Å²) < 4.78 is 4.89. The minimum atomic E-state index is 1.29. The Bertz CT molecular complexity index is 657. The van der Waals surface area contributed by atoms with Crippen LogP contribution in [0.5, 0.6) is 0 Å². The number of anilines is 1. The summed E-state index contributed by atoms with van der Waals surface area (Å²) in [5.74, 6) is 0. The minimum absolute atomic E-state index is 1.29. The van der Waals surface area contributed by atoms with Crippen LogP contribution < -0.4 is 3.11 Å². The van der Waals surface area contributed by atoms with Gasteiger partial charge in [0.05, 0.1) is 33.3 Å². The van der Waals surface area contributed by atoms with Gasteiger partial charge in [-0.3, -0.25) is 0 Å². The Kier molecular flexibility index (Phi) is 2.52. The van der Waals surface area contributed by atoms with Crippen molar-refractivity contribution in [2.45, 2.75) is 0 Å². The fourth-order valence-electron chi connectivity index (χ4n) is 1.97. The maximum absolute atomic E-state index is 2.32. The average Bonchev–Trinajstić information content (AvgIpc) is 2.67. The lowest BCUT2D eigenvalue weighted by molar-refractivity contribution is 1.44. The molecule has 0 aliphatic heterocycles. The summed E-state index contributed by atoms with van der Waals surface area (Å²) >= 11 is 4.19. The van der Waals surface area contributed by atoms with E-state index in [4.69, 9.17) is 0 Å². The minimum Gasteiger partial charge on any atom is -0.316 e. The fraction of sp³-hybridized carbons (Fsp3) is 0.0769. The van der Waals surface area contributed by atoms with Gasteiger partial charge in [-0.15, -0.1) is 11.3 Å². The summed E-state index contributed by atoms with van der Waals surface area (Å²) in [6.45, 7) is 0.